The molecule has 0 fully saturated rings. The van der Waals surface area contributed by atoms with Crippen LogP contribution in [0.5, 0.6) is 5.75 Å². The van der Waals surface area contributed by atoms with E-state index in [9.17, 15) is 5.11 Å². The van der Waals surface area contributed by atoms with Crippen LogP contribution in [-0.4, -0.2) is 5.11 Å². The van der Waals surface area contributed by atoms with Gasteiger partial charge in [0, 0.05) is 16.6 Å². The lowest BCUT2D eigenvalue weighted by Gasteiger charge is -2.14. The summed E-state index contributed by atoms with van der Waals surface area (Å²) in [6, 6.07) is 2.99. The van der Waals surface area contributed by atoms with Crippen LogP contribution in [0, 0.1) is 0 Å². The van der Waals surface area contributed by atoms with Gasteiger partial charge in [-0.15, -0.1) is 12.4 Å². The van der Waals surface area contributed by atoms with Crippen molar-refractivity contribution in [3.63, 3.8) is 0 Å². The molecule has 0 radical (unpaired) electrons. The number of hydrogen-bond acceptors (Lipinski definition) is 2. The predicted molar refractivity (Wildman–Crippen MR) is 76.4 cm³/mol. The van der Waals surface area contributed by atoms with Crippen LogP contribution in [0.2, 0.25) is 10.0 Å². The molecule has 0 aromatic heterocycles. The van der Waals surface area contributed by atoms with Crippen LogP contribution in [0.15, 0.2) is 12.1 Å². The first-order valence-electron chi connectivity index (χ1n) is 5.49. The summed E-state index contributed by atoms with van der Waals surface area (Å²) >= 11 is 11.7. The first-order valence-corrected chi connectivity index (χ1v) is 6.25. The third-order valence-electron chi connectivity index (χ3n) is 2.58. The summed E-state index contributed by atoms with van der Waals surface area (Å²) in [7, 11) is 0. The van der Waals surface area contributed by atoms with Crippen molar-refractivity contribution < 1.29 is 5.11 Å². The highest BCUT2D eigenvalue weighted by Crippen LogP contribution is 2.35. The Labute approximate surface area is 119 Å². The van der Waals surface area contributed by atoms with E-state index in [1.165, 1.54) is 6.07 Å². The van der Waals surface area contributed by atoms with Crippen molar-refractivity contribution in [2.24, 2.45) is 5.73 Å². The Morgan fingerprint density at radius 2 is 1.94 bits per heavy atom. The van der Waals surface area contributed by atoms with E-state index >= 15 is 0 Å². The van der Waals surface area contributed by atoms with Gasteiger partial charge in [-0.1, -0.05) is 49.4 Å². The van der Waals surface area contributed by atoms with Crippen molar-refractivity contribution >= 4 is 35.6 Å². The van der Waals surface area contributed by atoms with Crippen LogP contribution >= 0.6 is 35.6 Å². The molecule has 17 heavy (non-hydrogen) atoms. The van der Waals surface area contributed by atoms with Gasteiger partial charge in [0.25, 0.3) is 0 Å². The molecule has 0 spiro atoms. The standard InChI is InChI=1S/C12H17Cl2NO.ClH/c1-2-3-4-5-11(15)9-6-8(13)7-10(14)12(9)16;/h6-7,11,16H,2-5,15H2,1H3;1H/t11-;/m1./s1. The molecule has 0 amide bonds. The summed E-state index contributed by atoms with van der Waals surface area (Å²) in [5.41, 5.74) is 6.63. The Kier molecular flexibility index (Phi) is 7.97. The van der Waals surface area contributed by atoms with Crippen molar-refractivity contribution in [3.8, 4) is 5.75 Å². The van der Waals surface area contributed by atoms with E-state index in [4.69, 9.17) is 28.9 Å². The lowest BCUT2D eigenvalue weighted by atomic mass is 10.0. The zero-order chi connectivity index (χ0) is 12.1. The SMILES string of the molecule is CCCCC[C@@H](N)c1cc(Cl)cc(Cl)c1O.Cl. The number of phenols is 1. The molecule has 0 bridgehead atoms. The van der Waals surface area contributed by atoms with Crippen LogP contribution in [0.1, 0.15) is 44.2 Å². The molecule has 1 rings (SSSR count). The molecule has 0 heterocycles. The van der Waals surface area contributed by atoms with Gasteiger partial charge in [0.15, 0.2) is 0 Å². The molecule has 1 aromatic rings. The van der Waals surface area contributed by atoms with Gasteiger partial charge in [0.2, 0.25) is 0 Å². The number of hydrogen-bond donors (Lipinski definition) is 2. The third kappa shape index (κ3) is 4.92. The fraction of sp³-hybridized carbons (Fsp3) is 0.500. The molecular weight excluding hydrogens is 280 g/mol. The van der Waals surface area contributed by atoms with Gasteiger partial charge in [0.05, 0.1) is 5.02 Å². The summed E-state index contributed by atoms with van der Waals surface area (Å²) < 4.78 is 0. The highest BCUT2D eigenvalue weighted by atomic mass is 35.5. The minimum atomic E-state index is -0.206. The second kappa shape index (κ2) is 8.04. The minimum absolute atomic E-state index is 0. The fourth-order valence-electron chi connectivity index (χ4n) is 1.64. The van der Waals surface area contributed by atoms with Crippen molar-refractivity contribution in [1.29, 1.82) is 0 Å². The van der Waals surface area contributed by atoms with Crippen LogP contribution in [0.3, 0.4) is 0 Å². The molecular formula is C12H18Cl3NO. The number of halogens is 3. The Balaban J connectivity index is 0.00000256. The topological polar surface area (TPSA) is 46.2 Å². The average Bonchev–Trinajstić information content (AvgIpc) is 2.23. The second-order valence-electron chi connectivity index (χ2n) is 3.93. The molecule has 5 heteroatoms. The molecule has 0 aliphatic heterocycles. The third-order valence-corrected chi connectivity index (χ3v) is 3.08. The maximum absolute atomic E-state index is 9.78. The Hall–Kier alpha value is -0.150. The van der Waals surface area contributed by atoms with E-state index in [1.54, 1.807) is 6.07 Å². The number of phenolic OH excluding ortho intramolecular Hbond substituents is 1. The maximum atomic E-state index is 9.78. The van der Waals surface area contributed by atoms with Crippen LogP contribution in [-0.2, 0) is 0 Å². The zero-order valence-corrected chi connectivity index (χ0v) is 12.1. The quantitative estimate of drug-likeness (QED) is 0.774. The van der Waals surface area contributed by atoms with Crippen LogP contribution < -0.4 is 5.73 Å². The lowest BCUT2D eigenvalue weighted by molar-refractivity contribution is 0.456. The van der Waals surface area contributed by atoms with E-state index in [0.29, 0.717) is 10.6 Å². The molecule has 3 N–H and O–H groups in total. The van der Waals surface area contributed by atoms with Gasteiger partial charge in [0.1, 0.15) is 5.75 Å². The molecule has 0 aliphatic rings. The molecule has 0 saturated carbocycles. The number of nitrogens with two attached hydrogens (primary N) is 1. The van der Waals surface area contributed by atoms with E-state index in [0.717, 1.165) is 25.7 Å². The van der Waals surface area contributed by atoms with Gasteiger partial charge in [-0.2, -0.15) is 0 Å². The summed E-state index contributed by atoms with van der Waals surface area (Å²) in [5.74, 6) is 0.0510. The normalized spacial score (nSPS) is 12.0. The first kappa shape index (κ1) is 16.9. The highest BCUT2D eigenvalue weighted by molar-refractivity contribution is 6.35. The fourth-order valence-corrected chi connectivity index (χ4v) is 2.15. The largest absolute Gasteiger partial charge is 0.506 e. The van der Waals surface area contributed by atoms with Crippen LogP contribution in [0.4, 0.5) is 0 Å². The molecule has 0 unspecified atom stereocenters. The van der Waals surface area contributed by atoms with Gasteiger partial charge in [-0.3, -0.25) is 0 Å². The number of unbranched alkanes of at least 4 members (excludes halogenated alkanes) is 2. The summed E-state index contributed by atoms with van der Waals surface area (Å²) in [6.45, 7) is 2.14. The maximum Gasteiger partial charge on any atom is 0.139 e. The van der Waals surface area contributed by atoms with Crippen LogP contribution in [0.25, 0.3) is 0 Å². The number of benzene rings is 1. The Morgan fingerprint density at radius 3 is 2.53 bits per heavy atom. The molecule has 0 saturated heterocycles. The van der Waals surface area contributed by atoms with Crippen molar-refractivity contribution in [2.45, 2.75) is 38.6 Å². The van der Waals surface area contributed by atoms with E-state index in [2.05, 4.69) is 6.92 Å². The molecule has 1 aromatic carbocycles. The number of rotatable bonds is 5. The first-order chi connectivity index (χ1) is 7.56. The van der Waals surface area contributed by atoms with Gasteiger partial charge in [-0.25, -0.2) is 0 Å². The molecule has 0 aliphatic carbocycles. The minimum Gasteiger partial charge on any atom is -0.506 e. The van der Waals surface area contributed by atoms with Crippen molar-refractivity contribution in [1.82, 2.24) is 0 Å². The van der Waals surface area contributed by atoms with Gasteiger partial charge in [-0.05, 0) is 18.6 Å². The smallest absolute Gasteiger partial charge is 0.139 e. The zero-order valence-electron chi connectivity index (χ0n) is 9.75. The highest BCUT2D eigenvalue weighted by Gasteiger charge is 2.14. The van der Waals surface area contributed by atoms with Gasteiger partial charge >= 0.3 is 0 Å². The lowest BCUT2D eigenvalue weighted by Crippen LogP contribution is -2.10. The molecule has 98 valence electrons. The molecule has 2 nitrogen and oxygen atoms in total. The Bertz CT molecular complexity index is 358. The van der Waals surface area contributed by atoms with Crippen molar-refractivity contribution in [2.75, 3.05) is 0 Å². The van der Waals surface area contributed by atoms with Crippen molar-refractivity contribution in [3.05, 3.63) is 27.7 Å². The van der Waals surface area contributed by atoms with E-state index < -0.39 is 0 Å². The summed E-state index contributed by atoms with van der Waals surface area (Å²) in [4.78, 5) is 0. The van der Waals surface area contributed by atoms with E-state index in [-0.39, 0.29) is 29.2 Å². The summed E-state index contributed by atoms with van der Waals surface area (Å²) in [6.07, 6.45) is 4.16. The van der Waals surface area contributed by atoms with E-state index in [1.807, 2.05) is 0 Å². The Morgan fingerprint density at radius 1 is 1.29 bits per heavy atom. The predicted octanol–water partition coefficient (Wildman–Crippen LogP) is 4.70. The van der Waals surface area contributed by atoms with Gasteiger partial charge < -0.3 is 10.8 Å². The monoisotopic (exact) mass is 297 g/mol. The molecule has 1 atom stereocenters. The summed E-state index contributed by atoms with van der Waals surface area (Å²) in [5, 5.41) is 10.5. The number of aromatic hydroxyl groups is 1. The average molecular weight is 299 g/mol. The second-order valence-corrected chi connectivity index (χ2v) is 4.77.